The number of nitrogens with one attached hydrogen (secondary N) is 2. The molecule has 1 heterocycles. The fraction of sp³-hybridized carbons (Fsp3) is 0.500. The Morgan fingerprint density at radius 3 is 2.71 bits per heavy atom. The summed E-state index contributed by atoms with van der Waals surface area (Å²) in [5.74, 6) is -0.707. The van der Waals surface area contributed by atoms with Gasteiger partial charge >= 0.3 is 11.8 Å². The molecule has 2 amide bonds. The first-order chi connectivity index (χ1) is 10.1. The number of hydrogen-bond donors (Lipinski definition) is 2. The molecule has 0 aliphatic carbocycles. The first kappa shape index (κ1) is 15.5. The van der Waals surface area contributed by atoms with Crippen LogP contribution in [0.1, 0.15) is 31.7 Å². The molecule has 0 spiro atoms. The van der Waals surface area contributed by atoms with Crippen LogP contribution in [0.2, 0.25) is 0 Å². The van der Waals surface area contributed by atoms with Crippen molar-refractivity contribution in [3.8, 4) is 0 Å². The number of carbonyl (C=O) groups excluding carboxylic acids is 2. The van der Waals surface area contributed by atoms with Gasteiger partial charge in [-0.1, -0.05) is 32.0 Å². The Bertz CT molecular complexity index is 506. The Kier molecular flexibility index (Phi) is 5.33. The van der Waals surface area contributed by atoms with Crippen LogP contribution in [-0.4, -0.2) is 42.9 Å². The van der Waals surface area contributed by atoms with Crippen molar-refractivity contribution in [3.05, 3.63) is 29.8 Å². The first-order valence-electron chi connectivity index (χ1n) is 7.49. The highest BCUT2D eigenvalue weighted by atomic mass is 16.2. The van der Waals surface area contributed by atoms with Gasteiger partial charge in [0.25, 0.3) is 0 Å². The second-order valence-electron chi connectivity index (χ2n) is 5.59. The van der Waals surface area contributed by atoms with Crippen molar-refractivity contribution in [2.75, 3.05) is 31.5 Å². The zero-order chi connectivity index (χ0) is 15.2. The average molecular weight is 289 g/mol. The molecular formula is C16H23N3O2. The Morgan fingerprint density at radius 2 is 1.95 bits per heavy atom. The zero-order valence-electron chi connectivity index (χ0n) is 12.7. The molecule has 2 rings (SSSR count). The van der Waals surface area contributed by atoms with Crippen LogP contribution in [0.25, 0.3) is 0 Å². The van der Waals surface area contributed by atoms with E-state index in [9.17, 15) is 9.59 Å². The Balaban J connectivity index is 2.05. The van der Waals surface area contributed by atoms with Crippen LogP contribution in [0.5, 0.6) is 0 Å². The zero-order valence-corrected chi connectivity index (χ0v) is 12.7. The lowest BCUT2D eigenvalue weighted by Crippen LogP contribution is -2.41. The molecule has 0 radical (unpaired) electrons. The third-order valence-corrected chi connectivity index (χ3v) is 3.65. The molecular weight excluding hydrogens is 266 g/mol. The summed E-state index contributed by atoms with van der Waals surface area (Å²) in [6, 6.07) is 7.61. The van der Waals surface area contributed by atoms with Crippen LogP contribution in [0.4, 0.5) is 5.69 Å². The fourth-order valence-corrected chi connectivity index (χ4v) is 2.48. The maximum Gasteiger partial charge on any atom is 0.313 e. The maximum atomic E-state index is 12.2. The predicted octanol–water partition coefficient (Wildman–Crippen LogP) is 1.57. The fourth-order valence-electron chi connectivity index (χ4n) is 2.48. The summed E-state index contributed by atoms with van der Waals surface area (Å²) in [6.07, 6.45) is 0.877. The van der Waals surface area contributed by atoms with Gasteiger partial charge in [-0.25, -0.2) is 0 Å². The molecule has 0 saturated carbocycles. The van der Waals surface area contributed by atoms with E-state index in [4.69, 9.17) is 0 Å². The van der Waals surface area contributed by atoms with E-state index in [1.165, 1.54) is 0 Å². The first-order valence-corrected chi connectivity index (χ1v) is 7.49. The molecule has 1 fully saturated rings. The van der Waals surface area contributed by atoms with E-state index in [0.29, 0.717) is 19.0 Å². The lowest BCUT2D eigenvalue weighted by Gasteiger charge is -2.20. The minimum Gasteiger partial charge on any atom is -0.333 e. The van der Waals surface area contributed by atoms with Gasteiger partial charge in [0.15, 0.2) is 0 Å². The van der Waals surface area contributed by atoms with E-state index >= 15 is 0 Å². The molecule has 1 aromatic carbocycles. The van der Waals surface area contributed by atoms with Crippen LogP contribution in [0, 0.1) is 0 Å². The number of rotatable bonds is 2. The molecule has 2 N–H and O–H groups in total. The molecule has 114 valence electrons. The van der Waals surface area contributed by atoms with Gasteiger partial charge in [0.2, 0.25) is 0 Å². The monoisotopic (exact) mass is 289 g/mol. The number of para-hydroxylation sites is 1. The average Bonchev–Trinajstić information content (AvgIpc) is 2.75. The van der Waals surface area contributed by atoms with Gasteiger partial charge < -0.3 is 15.5 Å². The topological polar surface area (TPSA) is 61.4 Å². The summed E-state index contributed by atoms with van der Waals surface area (Å²) < 4.78 is 0. The second kappa shape index (κ2) is 7.22. The van der Waals surface area contributed by atoms with Crippen molar-refractivity contribution >= 4 is 17.5 Å². The summed E-state index contributed by atoms with van der Waals surface area (Å²) in [5, 5.41) is 5.98. The molecule has 1 aromatic rings. The summed E-state index contributed by atoms with van der Waals surface area (Å²) in [4.78, 5) is 26.0. The van der Waals surface area contributed by atoms with Crippen molar-refractivity contribution in [1.29, 1.82) is 0 Å². The summed E-state index contributed by atoms with van der Waals surface area (Å²) in [5.41, 5.74) is 1.76. The highest BCUT2D eigenvalue weighted by Crippen LogP contribution is 2.23. The number of amides is 2. The van der Waals surface area contributed by atoms with Crippen molar-refractivity contribution in [2.24, 2.45) is 0 Å². The lowest BCUT2D eigenvalue weighted by molar-refractivity contribution is -0.143. The smallest absolute Gasteiger partial charge is 0.313 e. The second-order valence-corrected chi connectivity index (χ2v) is 5.59. The van der Waals surface area contributed by atoms with Crippen LogP contribution >= 0.6 is 0 Å². The number of anilines is 1. The normalized spacial score (nSPS) is 15.7. The van der Waals surface area contributed by atoms with Crippen molar-refractivity contribution in [3.63, 3.8) is 0 Å². The summed E-state index contributed by atoms with van der Waals surface area (Å²) >= 11 is 0. The largest absolute Gasteiger partial charge is 0.333 e. The number of carbonyl (C=O) groups is 2. The van der Waals surface area contributed by atoms with Crippen LogP contribution < -0.4 is 10.6 Å². The van der Waals surface area contributed by atoms with E-state index in [2.05, 4.69) is 24.5 Å². The van der Waals surface area contributed by atoms with Gasteiger partial charge in [-0.2, -0.15) is 0 Å². The minimum atomic E-state index is -0.551. The summed E-state index contributed by atoms with van der Waals surface area (Å²) in [7, 11) is 0. The number of hydrogen-bond acceptors (Lipinski definition) is 3. The van der Waals surface area contributed by atoms with Gasteiger partial charge in [-0.15, -0.1) is 0 Å². The molecule has 1 aliphatic rings. The Labute approximate surface area is 125 Å². The number of nitrogens with zero attached hydrogens (tertiary/aromatic N) is 1. The van der Waals surface area contributed by atoms with Crippen molar-refractivity contribution < 1.29 is 9.59 Å². The van der Waals surface area contributed by atoms with Gasteiger partial charge in [0.1, 0.15) is 0 Å². The Hall–Kier alpha value is -1.88. The lowest BCUT2D eigenvalue weighted by atomic mass is 10.0. The predicted molar refractivity (Wildman–Crippen MR) is 83.2 cm³/mol. The minimum absolute atomic E-state index is 0.291. The van der Waals surface area contributed by atoms with E-state index < -0.39 is 11.8 Å². The SMILES string of the molecule is CC(C)c1ccccc1NC(=O)C(=O)N1CCCNCC1. The van der Waals surface area contributed by atoms with Gasteiger partial charge in [0, 0.05) is 25.3 Å². The van der Waals surface area contributed by atoms with Gasteiger partial charge in [0.05, 0.1) is 0 Å². The molecule has 5 nitrogen and oxygen atoms in total. The van der Waals surface area contributed by atoms with Crippen LogP contribution in [0.15, 0.2) is 24.3 Å². The maximum absolute atomic E-state index is 12.2. The molecule has 0 unspecified atom stereocenters. The third-order valence-electron chi connectivity index (χ3n) is 3.65. The standard InChI is InChI=1S/C16H23N3O2/c1-12(2)13-6-3-4-7-14(13)18-15(20)16(21)19-10-5-8-17-9-11-19/h3-4,6-7,12,17H,5,8-11H2,1-2H3,(H,18,20). The highest BCUT2D eigenvalue weighted by molar-refractivity contribution is 6.39. The van der Waals surface area contributed by atoms with Gasteiger partial charge in [-0.05, 0) is 30.5 Å². The molecule has 0 bridgehead atoms. The van der Waals surface area contributed by atoms with E-state index in [1.54, 1.807) is 4.90 Å². The third kappa shape index (κ3) is 4.04. The molecule has 1 saturated heterocycles. The van der Waals surface area contributed by atoms with Crippen LogP contribution in [0.3, 0.4) is 0 Å². The van der Waals surface area contributed by atoms with E-state index in [-0.39, 0.29) is 0 Å². The molecule has 0 aromatic heterocycles. The van der Waals surface area contributed by atoms with E-state index in [1.807, 2.05) is 24.3 Å². The number of benzene rings is 1. The van der Waals surface area contributed by atoms with Crippen molar-refractivity contribution in [2.45, 2.75) is 26.2 Å². The quantitative estimate of drug-likeness (QED) is 0.812. The molecule has 5 heteroatoms. The molecule has 0 atom stereocenters. The molecule has 21 heavy (non-hydrogen) atoms. The van der Waals surface area contributed by atoms with E-state index in [0.717, 1.165) is 30.8 Å². The summed E-state index contributed by atoms with van der Waals surface area (Å²) in [6.45, 7) is 6.97. The Morgan fingerprint density at radius 1 is 1.19 bits per heavy atom. The van der Waals surface area contributed by atoms with Crippen LogP contribution in [-0.2, 0) is 9.59 Å². The molecule has 1 aliphatic heterocycles. The van der Waals surface area contributed by atoms with Gasteiger partial charge in [-0.3, -0.25) is 9.59 Å². The highest BCUT2D eigenvalue weighted by Gasteiger charge is 2.23. The van der Waals surface area contributed by atoms with Crippen molar-refractivity contribution in [1.82, 2.24) is 10.2 Å².